The standard InChI is InChI=1S/C23H36F6O3/c1-14-11-15(12-21(31-7,22(24,25)26)23(27,28)29)16(14)9-8-10-32-17(30)20(18(2,3)4)13-19(20,5)6/h14-16H,8-13H2,1-7H3. The maximum atomic E-state index is 13.4. The van der Waals surface area contributed by atoms with E-state index in [0.29, 0.717) is 20.0 Å². The number of halogens is 6. The maximum absolute atomic E-state index is 13.4. The van der Waals surface area contributed by atoms with Crippen molar-refractivity contribution in [2.45, 2.75) is 91.6 Å². The van der Waals surface area contributed by atoms with E-state index in [2.05, 4.69) is 4.74 Å². The molecular weight excluding hydrogens is 438 g/mol. The van der Waals surface area contributed by atoms with Gasteiger partial charge >= 0.3 is 18.3 Å². The molecule has 4 unspecified atom stereocenters. The molecule has 0 N–H and O–H groups in total. The van der Waals surface area contributed by atoms with Crippen molar-refractivity contribution in [2.75, 3.05) is 13.7 Å². The number of esters is 1. The van der Waals surface area contributed by atoms with Gasteiger partial charge in [-0.25, -0.2) is 0 Å². The van der Waals surface area contributed by atoms with Crippen LogP contribution in [0.2, 0.25) is 0 Å². The molecule has 32 heavy (non-hydrogen) atoms. The average Bonchev–Trinajstić information content (AvgIpc) is 3.20. The van der Waals surface area contributed by atoms with Gasteiger partial charge in [0.2, 0.25) is 0 Å². The fourth-order valence-electron chi connectivity index (χ4n) is 6.09. The van der Waals surface area contributed by atoms with Crippen molar-refractivity contribution in [2.24, 2.45) is 34.0 Å². The van der Waals surface area contributed by atoms with Crippen LogP contribution in [0.15, 0.2) is 0 Å². The Hall–Kier alpha value is -0.990. The number of hydrogen-bond acceptors (Lipinski definition) is 3. The minimum absolute atomic E-state index is 0.00927. The second-order valence-electron chi connectivity index (χ2n) is 11.4. The van der Waals surface area contributed by atoms with Gasteiger partial charge in [-0.15, -0.1) is 0 Å². The highest BCUT2D eigenvalue weighted by molar-refractivity contribution is 5.82. The molecule has 2 aliphatic carbocycles. The summed E-state index contributed by atoms with van der Waals surface area (Å²) in [5.74, 6) is -1.33. The van der Waals surface area contributed by atoms with E-state index in [1.807, 2.05) is 41.5 Å². The number of carbonyl (C=O) groups is 1. The van der Waals surface area contributed by atoms with Crippen LogP contribution in [0, 0.1) is 34.0 Å². The summed E-state index contributed by atoms with van der Waals surface area (Å²) in [5, 5.41) is 0. The van der Waals surface area contributed by atoms with E-state index in [1.54, 1.807) is 0 Å². The van der Waals surface area contributed by atoms with Crippen LogP contribution in [0.4, 0.5) is 26.3 Å². The molecule has 3 nitrogen and oxygen atoms in total. The van der Waals surface area contributed by atoms with E-state index in [4.69, 9.17) is 4.74 Å². The highest BCUT2D eigenvalue weighted by atomic mass is 19.4. The van der Waals surface area contributed by atoms with Crippen molar-refractivity contribution in [3.05, 3.63) is 0 Å². The number of hydrogen-bond donors (Lipinski definition) is 0. The lowest BCUT2D eigenvalue weighted by molar-refractivity contribution is -0.382. The lowest BCUT2D eigenvalue weighted by Crippen LogP contribution is -2.60. The van der Waals surface area contributed by atoms with Crippen LogP contribution in [-0.4, -0.2) is 37.6 Å². The summed E-state index contributed by atoms with van der Waals surface area (Å²) in [6.45, 7) is 11.9. The normalized spacial score (nSPS) is 30.6. The number of alkyl halides is 6. The zero-order valence-electron chi connectivity index (χ0n) is 20.0. The topological polar surface area (TPSA) is 35.5 Å². The molecule has 0 radical (unpaired) electrons. The Morgan fingerprint density at radius 2 is 1.53 bits per heavy atom. The summed E-state index contributed by atoms with van der Waals surface area (Å²) in [5.41, 5.74) is -5.19. The van der Waals surface area contributed by atoms with Crippen molar-refractivity contribution in [1.82, 2.24) is 0 Å². The van der Waals surface area contributed by atoms with E-state index in [9.17, 15) is 31.1 Å². The van der Waals surface area contributed by atoms with Crippen LogP contribution in [0.25, 0.3) is 0 Å². The third-order valence-corrected chi connectivity index (χ3v) is 8.11. The molecule has 0 bridgehead atoms. The monoisotopic (exact) mass is 474 g/mol. The fourth-order valence-corrected chi connectivity index (χ4v) is 6.09. The molecule has 0 amide bonds. The fraction of sp³-hybridized carbons (Fsp3) is 0.957. The molecule has 0 aromatic carbocycles. The Morgan fingerprint density at radius 1 is 1.03 bits per heavy atom. The summed E-state index contributed by atoms with van der Waals surface area (Å²) in [6, 6.07) is 0. The van der Waals surface area contributed by atoms with Crippen LogP contribution >= 0.6 is 0 Å². The first-order valence-corrected chi connectivity index (χ1v) is 11.1. The average molecular weight is 475 g/mol. The number of methoxy groups -OCH3 is 1. The first kappa shape index (κ1) is 27.3. The van der Waals surface area contributed by atoms with Crippen LogP contribution in [0.5, 0.6) is 0 Å². The van der Waals surface area contributed by atoms with Gasteiger partial charge in [-0.1, -0.05) is 41.5 Å². The van der Waals surface area contributed by atoms with Crippen molar-refractivity contribution in [3.8, 4) is 0 Å². The molecule has 0 aliphatic heterocycles. The quantitative estimate of drug-likeness (QED) is 0.217. The largest absolute Gasteiger partial charge is 0.465 e. The first-order valence-electron chi connectivity index (χ1n) is 11.1. The molecule has 2 rings (SSSR count). The van der Waals surface area contributed by atoms with E-state index in [-0.39, 0.29) is 41.7 Å². The molecule has 0 aromatic rings. The first-order chi connectivity index (χ1) is 14.3. The molecule has 4 atom stereocenters. The predicted octanol–water partition coefficient (Wildman–Crippen LogP) is 6.94. The van der Waals surface area contributed by atoms with Gasteiger partial charge in [-0.05, 0) is 60.7 Å². The third kappa shape index (κ3) is 4.39. The summed E-state index contributed by atoms with van der Waals surface area (Å²) in [4.78, 5) is 12.8. The second kappa shape index (κ2) is 8.35. The van der Waals surface area contributed by atoms with Gasteiger partial charge < -0.3 is 9.47 Å². The number of ether oxygens (including phenoxy) is 2. The molecule has 0 heterocycles. The van der Waals surface area contributed by atoms with Crippen LogP contribution in [0.3, 0.4) is 0 Å². The van der Waals surface area contributed by atoms with Crippen LogP contribution in [0.1, 0.15) is 73.6 Å². The zero-order valence-corrected chi connectivity index (χ0v) is 20.0. The summed E-state index contributed by atoms with van der Waals surface area (Å²) >= 11 is 0. The number of rotatable bonds is 8. The van der Waals surface area contributed by atoms with Crippen LogP contribution < -0.4 is 0 Å². The highest BCUT2D eigenvalue weighted by Gasteiger charge is 2.73. The highest BCUT2D eigenvalue weighted by Crippen LogP contribution is 2.72. The van der Waals surface area contributed by atoms with E-state index in [1.165, 1.54) is 0 Å². The summed E-state index contributed by atoms with van der Waals surface area (Å²) in [7, 11) is 0.460. The van der Waals surface area contributed by atoms with E-state index in [0.717, 1.165) is 6.42 Å². The minimum Gasteiger partial charge on any atom is -0.465 e. The molecule has 2 fully saturated rings. The van der Waals surface area contributed by atoms with Gasteiger partial charge in [0.1, 0.15) is 0 Å². The molecule has 9 heteroatoms. The lowest BCUT2D eigenvalue weighted by atomic mass is 9.60. The summed E-state index contributed by atoms with van der Waals surface area (Å²) in [6.07, 6.45) is -10.5. The molecule has 2 aliphatic rings. The van der Waals surface area contributed by atoms with Crippen LogP contribution in [-0.2, 0) is 14.3 Å². The SMILES string of the molecule is COC(CC1CC(C)C1CCCOC(=O)C1(C(C)(C)C)CC1(C)C)(C(F)(F)F)C(F)(F)F. The summed E-state index contributed by atoms with van der Waals surface area (Å²) < 4.78 is 89.9. The Labute approximate surface area is 186 Å². The smallest absolute Gasteiger partial charge is 0.426 e. The van der Waals surface area contributed by atoms with Crippen molar-refractivity contribution in [1.29, 1.82) is 0 Å². The van der Waals surface area contributed by atoms with Gasteiger partial charge in [-0.3, -0.25) is 4.79 Å². The van der Waals surface area contributed by atoms with Gasteiger partial charge in [0.25, 0.3) is 5.60 Å². The Kier molecular flexibility index (Phi) is 7.11. The maximum Gasteiger partial charge on any atom is 0.426 e. The van der Waals surface area contributed by atoms with Gasteiger partial charge in [0, 0.05) is 7.11 Å². The third-order valence-electron chi connectivity index (χ3n) is 8.11. The van der Waals surface area contributed by atoms with Gasteiger partial charge in [-0.2, -0.15) is 26.3 Å². The molecule has 188 valence electrons. The van der Waals surface area contributed by atoms with E-state index >= 15 is 0 Å². The molecule has 2 saturated carbocycles. The van der Waals surface area contributed by atoms with Crippen molar-refractivity contribution >= 4 is 5.97 Å². The molecule has 0 aromatic heterocycles. The van der Waals surface area contributed by atoms with Gasteiger partial charge in [0.05, 0.1) is 12.0 Å². The Morgan fingerprint density at radius 3 is 1.88 bits per heavy atom. The minimum atomic E-state index is -5.56. The second-order valence-corrected chi connectivity index (χ2v) is 11.4. The van der Waals surface area contributed by atoms with Crippen molar-refractivity contribution in [3.63, 3.8) is 0 Å². The van der Waals surface area contributed by atoms with Gasteiger partial charge in [0.15, 0.2) is 0 Å². The predicted molar refractivity (Wildman–Crippen MR) is 108 cm³/mol. The molecule has 0 spiro atoms. The number of carbonyl (C=O) groups excluding carboxylic acids is 1. The Bertz CT molecular complexity index is 677. The van der Waals surface area contributed by atoms with Crippen molar-refractivity contribution < 1.29 is 40.6 Å². The lowest BCUT2D eigenvalue weighted by Gasteiger charge is -2.48. The molecule has 0 saturated heterocycles. The molecular formula is C23H36F6O3. The zero-order chi connectivity index (χ0) is 25.0. The van der Waals surface area contributed by atoms with E-state index < -0.39 is 35.7 Å². The Balaban J connectivity index is 1.96.